The van der Waals surface area contributed by atoms with Crippen molar-refractivity contribution >= 4 is 5.97 Å². The van der Waals surface area contributed by atoms with Crippen LogP contribution in [-0.4, -0.2) is 32.5 Å². The van der Waals surface area contributed by atoms with E-state index in [0.29, 0.717) is 17.2 Å². The number of nitrogens with zero attached hydrogens (tertiary/aromatic N) is 1. The van der Waals surface area contributed by atoms with Crippen LogP contribution in [0.5, 0.6) is 17.2 Å². The number of hydrogen-bond donors (Lipinski definition) is 0. The Labute approximate surface area is 164 Å². The molecule has 2 aromatic carbocycles. The molecular formula is C20H17F2NO6. The van der Waals surface area contributed by atoms with Gasteiger partial charge in [-0.15, -0.1) is 0 Å². The molecule has 0 atom stereocenters. The number of aromatic nitrogens is 1. The summed E-state index contributed by atoms with van der Waals surface area (Å²) in [5.41, 5.74) is 0.471. The van der Waals surface area contributed by atoms with Gasteiger partial charge >= 0.3 is 5.97 Å². The minimum absolute atomic E-state index is 0.0427. The number of halogens is 2. The Morgan fingerprint density at radius 1 is 1.00 bits per heavy atom. The van der Waals surface area contributed by atoms with E-state index in [1.807, 2.05) is 0 Å². The highest BCUT2D eigenvalue weighted by Gasteiger charge is 2.19. The molecule has 0 fully saturated rings. The molecular weight excluding hydrogens is 388 g/mol. The number of hydrogen-bond acceptors (Lipinski definition) is 7. The van der Waals surface area contributed by atoms with Crippen molar-refractivity contribution in [3.8, 4) is 28.6 Å². The molecule has 9 heteroatoms. The predicted octanol–water partition coefficient (Wildman–Crippen LogP) is 4.00. The third-order valence-electron chi connectivity index (χ3n) is 4.01. The van der Waals surface area contributed by atoms with E-state index in [9.17, 15) is 13.6 Å². The predicted molar refractivity (Wildman–Crippen MR) is 97.1 cm³/mol. The first kappa shape index (κ1) is 20.1. The van der Waals surface area contributed by atoms with Crippen molar-refractivity contribution in [3.63, 3.8) is 0 Å². The van der Waals surface area contributed by atoms with Gasteiger partial charge in [-0.25, -0.2) is 13.6 Å². The molecule has 0 unspecified atom stereocenters. The van der Waals surface area contributed by atoms with Crippen molar-refractivity contribution < 1.29 is 37.0 Å². The molecule has 0 saturated carbocycles. The van der Waals surface area contributed by atoms with E-state index in [-0.39, 0.29) is 29.2 Å². The maximum absolute atomic E-state index is 13.8. The maximum atomic E-state index is 13.8. The molecule has 1 aromatic heterocycles. The number of benzene rings is 2. The molecule has 0 bridgehead atoms. The van der Waals surface area contributed by atoms with E-state index in [0.717, 1.165) is 12.1 Å². The average Bonchev–Trinajstić information content (AvgIpc) is 3.19. The molecule has 0 saturated heterocycles. The minimum Gasteiger partial charge on any atom is -0.493 e. The lowest BCUT2D eigenvalue weighted by Crippen LogP contribution is -2.07. The SMILES string of the molecule is COc1cc(C(=O)OCc2cc(-c3ccc(F)cc3F)on2)cc(OC)c1OC. The molecule has 29 heavy (non-hydrogen) atoms. The fraction of sp³-hybridized carbons (Fsp3) is 0.200. The molecule has 152 valence electrons. The Bertz CT molecular complexity index is 1010. The summed E-state index contributed by atoms with van der Waals surface area (Å²) in [5, 5.41) is 3.73. The standard InChI is InChI=1S/C20H17F2NO6/c1-25-17-6-11(7-18(26-2)19(17)27-3)20(24)28-10-13-9-16(29-23-13)14-5-4-12(21)8-15(14)22/h4-9H,10H2,1-3H3. The highest BCUT2D eigenvalue weighted by atomic mass is 19.1. The highest BCUT2D eigenvalue weighted by Crippen LogP contribution is 2.38. The summed E-state index contributed by atoms with van der Waals surface area (Å²) >= 11 is 0. The summed E-state index contributed by atoms with van der Waals surface area (Å²) < 4.78 is 52.7. The van der Waals surface area contributed by atoms with Crippen molar-refractivity contribution in [1.82, 2.24) is 5.16 Å². The van der Waals surface area contributed by atoms with Crippen LogP contribution in [0, 0.1) is 11.6 Å². The number of esters is 1. The Morgan fingerprint density at radius 2 is 1.69 bits per heavy atom. The van der Waals surface area contributed by atoms with Crippen LogP contribution >= 0.6 is 0 Å². The van der Waals surface area contributed by atoms with Crippen LogP contribution in [0.15, 0.2) is 40.9 Å². The van der Waals surface area contributed by atoms with Gasteiger partial charge in [-0.2, -0.15) is 0 Å². The summed E-state index contributed by atoms with van der Waals surface area (Å²) in [6.07, 6.45) is 0. The molecule has 3 aromatic rings. The second-order valence-electron chi connectivity index (χ2n) is 5.80. The quantitative estimate of drug-likeness (QED) is 0.550. The summed E-state index contributed by atoms with van der Waals surface area (Å²) in [6.45, 7) is -0.220. The lowest BCUT2D eigenvalue weighted by Gasteiger charge is -2.13. The molecule has 0 aliphatic rings. The normalized spacial score (nSPS) is 10.5. The molecule has 0 spiro atoms. The van der Waals surface area contributed by atoms with Crippen LogP contribution in [0.3, 0.4) is 0 Å². The average molecular weight is 405 g/mol. The number of carbonyl (C=O) groups is 1. The van der Waals surface area contributed by atoms with Gasteiger partial charge in [0.1, 0.15) is 23.9 Å². The van der Waals surface area contributed by atoms with Crippen molar-refractivity contribution in [1.29, 1.82) is 0 Å². The monoisotopic (exact) mass is 405 g/mol. The largest absolute Gasteiger partial charge is 0.493 e. The Kier molecular flexibility index (Phi) is 5.96. The Morgan fingerprint density at radius 3 is 2.28 bits per heavy atom. The lowest BCUT2D eigenvalue weighted by atomic mass is 10.1. The summed E-state index contributed by atoms with van der Waals surface area (Å²) in [7, 11) is 4.31. The number of rotatable bonds is 7. The topological polar surface area (TPSA) is 80.0 Å². The third-order valence-corrected chi connectivity index (χ3v) is 4.01. The Balaban J connectivity index is 1.74. The zero-order chi connectivity index (χ0) is 21.0. The summed E-state index contributed by atoms with van der Waals surface area (Å²) in [5.74, 6) is -1.13. The number of methoxy groups -OCH3 is 3. The highest BCUT2D eigenvalue weighted by molar-refractivity contribution is 5.91. The molecule has 0 aliphatic carbocycles. The van der Waals surface area contributed by atoms with Crippen LogP contribution in [0.4, 0.5) is 8.78 Å². The van der Waals surface area contributed by atoms with E-state index in [2.05, 4.69) is 5.16 Å². The van der Waals surface area contributed by atoms with Gasteiger partial charge < -0.3 is 23.5 Å². The first-order valence-corrected chi connectivity index (χ1v) is 8.35. The van der Waals surface area contributed by atoms with Gasteiger partial charge in [0.15, 0.2) is 17.3 Å². The van der Waals surface area contributed by atoms with E-state index in [1.165, 1.54) is 45.6 Å². The Hall–Kier alpha value is -3.62. The minimum atomic E-state index is -0.790. The lowest BCUT2D eigenvalue weighted by molar-refractivity contribution is 0.0463. The van der Waals surface area contributed by atoms with Gasteiger partial charge in [0, 0.05) is 12.1 Å². The number of carbonyl (C=O) groups excluding carboxylic acids is 1. The first-order chi connectivity index (χ1) is 14.0. The smallest absolute Gasteiger partial charge is 0.338 e. The van der Waals surface area contributed by atoms with Crippen LogP contribution in [0.25, 0.3) is 11.3 Å². The van der Waals surface area contributed by atoms with E-state index in [1.54, 1.807) is 0 Å². The van der Waals surface area contributed by atoms with Gasteiger partial charge in [0.05, 0.1) is 32.5 Å². The first-order valence-electron chi connectivity index (χ1n) is 8.35. The van der Waals surface area contributed by atoms with Crippen LogP contribution in [-0.2, 0) is 11.3 Å². The molecule has 1 heterocycles. The van der Waals surface area contributed by atoms with Crippen molar-refractivity contribution in [2.24, 2.45) is 0 Å². The van der Waals surface area contributed by atoms with Crippen LogP contribution < -0.4 is 14.2 Å². The van der Waals surface area contributed by atoms with E-state index >= 15 is 0 Å². The fourth-order valence-electron chi connectivity index (χ4n) is 2.62. The molecule has 3 rings (SSSR count). The van der Waals surface area contributed by atoms with E-state index < -0.39 is 17.6 Å². The molecule has 0 aliphatic heterocycles. The van der Waals surface area contributed by atoms with Gasteiger partial charge in [-0.05, 0) is 24.3 Å². The zero-order valence-corrected chi connectivity index (χ0v) is 15.8. The third kappa shape index (κ3) is 4.29. The van der Waals surface area contributed by atoms with Crippen LogP contribution in [0.1, 0.15) is 16.1 Å². The van der Waals surface area contributed by atoms with E-state index in [4.69, 9.17) is 23.5 Å². The van der Waals surface area contributed by atoms with Crippen LogP contribution in [0.2, 0.25) is 0 Å². The van der Waals surface area contributed by atoms with Gasteiger partial charge in [0.2, 0.25) is 5.75 Å². The molecule has 0 N–H and O–H groups in total. The van der Waals surface area contributed by atoms with Crippen molar-refractivity contribution in [2.45, 2.75) is 6.61 Å². The van der Waals surface area contributed by atoms with Gasteiger partial charge in [0.25, 0.3) is 0 Å². The molecule has 0 amide bonds. The van der Waals surface area contributed by atoms with Gasteiger partial charge in [-0.1, -0.05) is 5.16 Å². The molecule has 0 radical (unpaired) electrons. The van der Waals surface area contributed by atoms with Gasteiger partial charge in [-0.3, -0.25) is 0 Å². The van der Waals surface area contributed by atoms with Crippen molar-refractivity contribution in [2.75, 3.05) is 21.3 Å². The maximum Gasteiger partial charge on any atom is 0.338 e. The molecule has 7 nitrogen and oxygen atoms in total. The number of ether oxygens (including phenoxy) is 4. The summed E-state index contributed by atoms with van der Waals surface area (Å²) in [6, 6.07) is 7.38. The zero-order valence-electron chi connectivity index (χ0n) is 15.8. The fourth-order valence-corrected chi connectivity index (χ4v) is 2.62. The second kappa shape index (κ2) is 8.59. The van der Waals surface area contributed by atoms with Crippen molar-refractivity contribution in [3.05, 3.63) is 59.3 Å². The summed E-state index contributed by atoms with van der Waals surface area (Å²) in [4.78, 5) is 12.4. The second-order valence-corrected chi connectivity index (χ2v) is 5.80.